The Bertz CT molecular complexity index is 439. The molecule has 1 aromatic carbocycles. The molecule has 0 atom stereocenters. The van der Waals surface area contributed by atoms with Crippen LogP contribution in [0.1, 0.15) is 12.7 Å². The molecule has 0 aliphatic carbocycles. The summed E-state index contributed by atoms with van der Waals surface area (Å²) in [6.45, 7) is 3.22. The molecule has 0 saturated heterocycles. The normalized spacial score (nSPS) is 11.0. The first kappa shape index (κ1) is 9.68. The van der Waals surface area contributed by atoms with Crippen molar-refractivity contribution in [1.29, 1.82) is 0 Å². The molecular weight excluding hydrogens is 244 g/mol. The van der Waals surface area contributed by atoms with Gasteiger partial charge in [0.1, 0.15) is 17.9 Å². The molecule has 1 aromatic heterocycles. The quantitative estimate of drug-likeness (QED) is 0.915. The molecule has 0 amide bonds. The van der Waals surface area contributed by atoms with Gasteiger partial charge in [0.25, 0.3) is 0 Å². The van der Waals surface area contributed by atoms with Gasteiger partial charge in [0.05, 0.1) is 5.52 Å². The van der Waals surface area contributed by atoms with Crippen molar-refractivity contribution in [2.24, 2.45) is 0 Å². The highest BCUT2D eigenvalue weighted by molar-refractivity contribution is 9.10. The molecule has 0 aliphatic heterocycles. The number of para-hydroxylation sites is 1. The number of aromatic amines is 1. The van der Waals surface area contributed by atoms with Crippen molar-refractivity contribution < 1.29 is 4.74 Å². The molecule has 3 nitrogen and oxygen atoms in total. The van der Waals surface area contributed by atoms with Crippen LogP contribution in [-0.2, 0) is 11.3 Å². The number of hydrogen-bond donors (Lipinski definition) is 1. The fourth-order valence-electron chi connectivity index (χ4n) is 1.32. The second-order valence-corrected chi connectivity index (χ2v) is 3.81. The maximum absolute atomic E-state index is 5.28. The molecule has 0 bridgehead atoms. The Morgan fingerprint density at radius 1 is 1.50 bits per heavy atom. The van der Waals surface area contributed by atoms with Gasteiger partial charge in [0, 0.05) is 11.1 Å². The second kappa shape index (κ2) is 4.11. The molecule has 1 N–H and O–H groups in total. The zero-order valence-corrected chi connectivity index (χ0v) is 9.47. The van der Waals surface area contributed by atoms with Crippen LogP contribution in [0.4, 0.5) is 0 Å². The minimum absolute atomic E-state index is 0.539. The third-order valence-corrected chi connectivity index (χ3v) is 2.60. The smallest absolute Gasteiger partial charge is 0.133 e. The Hall–Kier alpha value is -0.870. The number of rotatable bonds is 3. The average Bonchev–Trinajstić information content (AvgIpc) is 2.59. The largest absolute Gasteiger partial charge is 0.374 e. The monoisotopic (exact) mass is 254 g/mol. The van der Waals surface area contributed by atoms with Crippen molar-refractivity contribution in [3.05, 3.63) is 28.5 Å². The molecule has 14 heavy (non-hydrogen) atoms. The van der Waals surface area contributed by atoms with Crippen LogP contribution in [0.2, 0.25) is 0 Å². The SMILES string of the molecule is CCOCc1nc2c(Br)cccc2[nH]1. The summed E-state index contributed by atoms with van der Waals surface area (Å²) in [5.74, 6) is 0.869. The summed E-state index contributed by atoms with van der Waals surface area (Å²) in [5.41, 5.74) is 2.00. The van der Waals surface area contributed by atoms with E-state index in [9.17, 15) is 0 Å². The predicted molar refractivity (Wildman–Crippen MR) is 59.1 cm³/mol. The molecule has 0 saturated carbocycles. The number of hydrogen-bond acceptors (Lipinski definition) is 2. The fraction of sp³-hybridized carbons (Fsp3) is 0.300. The van der Waals surface area contributed by atoms with E-state index in [1.54, 1.807) is 0 Å². The number of nitrogens with zero attached hydrogens (tertiary/aromatic N) is 1. The lowest BCUT2D eigenvalue weighted by molar-refractivity contribution is 0.129. The Kier molecular flexibility index (Phi) is 2.84. The molecule has 0 fully saturated rings. The Morgan fingerprint density at radius 2 is 2.36 bits per heavy atom. The van der Waals surface area contributed by atoms with Crippen LogP contribution in [0.3, 0.4) is 0 Å². The number of ether oxygens (including phenoxy) is 1. The first-order chi connectivity index (χ1) is 6.81. The molecular formula is C10H11BrN2O. The molecule has 0 radical (unpaired) electrons. The molecule has 0 aliphatic rings. The van der Waals surface area contributed by atoms with Crippen molar-refractivity contribution in [3.63, 3.8) is 0 Å². The van der Waals surface area contributed by atoms with E-state index in [0.717, 1.165) is 21.3 Å². The first-order valence-corrected chi connectivity index (χ1v) is 5.31. The minimum atomic E-state index is 0.539. The first-order valence-electron chi connectivity index (χ1n) is 4.52. The number of imidazole rings is 1. The number of halogens is 1. The van der Waals surface area contributed by atoms with Crippen molar-refractivity contribution >= 4 is 27.0 Å². The van der Waals surface area contributed by atoms with Gasteiger partial charge in [0.15, 0.2) is 0 Å². The molecule has 1 heterocycles. The Balaban J connectivity index is 2.36. The number of benzene rings is 1. The van der Waals surface area contributed by atoms with Gasteiger partial charge in [-0.25, -0.2) is 4.98 Å². The summed E-state index contributed by atoms with van der Waals surface area (Å²) < 4.78 is 6.29. The van der Waals surface area contributed by atoms with E-state index in [1.165, 1.54) is 0 Å². The minimum Gasteiger partial charge on any atom is -0.374 e. The van der Waals surface area contributed by atoms with Gasteiger partial charge in [-0.2, -0.15) is 0 Å². The second-order valence-electron chi connectivity index (χ2n) is 2.96. The maximum atomic E-state index is 5.28. The maximum Gasteiger partial charge on any atom is 0.133 e. The predicted octanol–water partition coefficient (Wildman–Crippen LogP) is 2.86. The van der Waals surface area contributed by atoms with E-state index in [-0.39, 0.29) is 0 Å². The highest BCUT2D eigenvalue weighted by Crippen LogP contribution is 2.21. The summed E-state index contributed by atoms with van der Waals surface area (Å²) >= 11 is 3.46. The van der Waals surface area contributed by atoms with Crippen LogP contribution < -0.4 is 0 Å². The van der Waals surface area contributed by atoms with Crippen LogP contribution in [0.25, 0.3) is 11.0 Å². The fourth-order valence-corrected chi connectivity index (χ4v) is 1.77. The van der Waals surface area contributed by atoms with E-state index in [0.29, 0.717) is 13.2 Å². The van der Waals surface area contributed by atoms with Crippen LogP contribution >= 0.6 is 15.9 Å². The number of nitrogens with one attached hydrogen (secondary N) is 1. The topological polar surface area (TPSA) is 37.9 Å². The number of H-pyrrole nitrogens is 1. The van der Waals surface area contributed by atoms with E-state index in [1.807, 2.05) is 25.1 Å². The Labute approximate surface area is 90.6 Å². The van der Waals surface area contributed by atoms with Crippen LogP contribution in [0.15, 0.2) is 22.7 Å². The lowest BCUT2D eigenvalue weighted by atomic mass is 10.3. The van der Waals surface area contributed by atoms with Crippen LogP contribution in [0.5, 0.6) is 0 Å². The summed E-state index contributed by atoms with van der Waals surface area (Å²) in [6.07, 6.45) is 0. The van der Waals surface area contributed by atoms with Crippen molar-refractivity contribution in [3.8, 4) is 0 Å². The molecule has 74 valence electrons. The van der Waals surface area contributed by atoms with E-state index < -0.39 is 0 Å². The van der Waals surface area contributed by atoms with E-state index in [2.05, 4.69) is 25.9 Å². The molecule has 0 unspecified atom stereocenters. The summed E-state index contributed by atoms with van der Waals surface area (Å²) in [4.78, 5) is 7.63. The van der Waals surface area contributed by atoms with E-state index >= 15 is 0 Å². The third-order valence-electron chi connectivity index (χ3n) is 1.96. The third kappa shape index (κ3) is 1.81. The molecule has 2 rings (SSSR count). The molecule has 2 aromatic rings. The van der Waals surface area contributed by atoms with Crippen molar-refractivity contribution in [1.82, 2.24) is 9.97 Å². The van der Waals surface area contributed by atoms with Gasteiger partial charge in [-0.3, -0.25) is 0 Å². The van der Waals surface area contributed by atoms with Crippen molar-refractivity contribution in [2.75, 3.05) is 6.61 Å². The van der Waals surface area contributed by atoms with Gasteiger partial charge < -0.3 is 9.72 Å². The lowest BCUT2D eigenvalue weighted by Gasteiger charge is -1.94. The van der Waals surface area contributed by atoms with E-state index in [4.69, 9.17) is 4.74 Å². The summed E-state index contributed by atoms with van der Waals surface area (Å²) in [5, 5.41) is 0. The van der Waals surface area contributed by atoms with Crippen LogP contribution in [-0.4, -0.2) is 16.6 Å². The summed E-state index contributed by atoms with van der Waals surface area (Å²) in [6, 6.07) is 5.96. The van der Waals surface area contributed by atoms with Gasteiger partial charge >= 0.3 is 0 Å². The highest BCUT2D eigenvalue weighted by Gasteiger charge is 2.04. The molecule has 4 heteroatoms. The number of fused-ring (bicyclic) bond motifs is 1. The average molecular weight is 255 g/mol. The van der Waals surface area contributed by atoms with Gasteiger partial charge in [-0.15, -0.1) is 0 Å². The van der Waals surface area contributed by atoms with Gasteiger partial charge in [-0.1, -0.05) is 6.07 Å². The zero-order chi connectivity index (χ0) is 9.97. The van der Waals surface area contributed by atoms with Gasteiger partial charge in [0.2, 0.25) is 0 Å². The standard InChI is InChI=1S/C10H11BrN2O/c1-2-14-6-9-12-8-5-3-4-7(11)10(8)13-9/h3-5H,2,6H2,1H3,(H,12,13). The number of aromatic nitrogens is 2. The summed E-state index contributed by atoms with van der Waals surface area (Å²) in [7, 11) is 0. The zero-order valence-electron chi connectivity index (χ0n) is 7.88. The molecule has 0 spiro atoms. The lowest BCUT2D eigenvalue weighted by Crippen LogP contribution is -1.93. The highest BCUT2D eigenvalue weighted by atomic mass is 79.9. The van der Waals surface area contributed by atoms with Crippen LogP contribution in [0, 0.1) is 0 Å². The van der Waals surface area contributed by atoms with Gasteiger partial charge in [-0.05, 0) is 35.0 Å². The Morgan fingerprint density at radius 3 is 3.07 bits per heavy atom. The van der Waals surface area contributed by atoms with Crippen molar-refractivity contribution in [2.45, 2.75) is 13.5 Å².